The van der Waals surface area contributed by atoms with E-state index in [1.54, 1.807) is 0 Å². The molecule has 1 saturated carbocycles. The molecule has 0 heteroatoms. The number of hydrogen-bond donors (Lipinski definition) is 0. The van der Waals surface area contributed by atoms with Gasteiger partial charge in [-0.3, -0.25) is 0 Å². The van der Waals surface area contributed by atoms with Crippen LogP contribution in [0.1, 0.15) is 129 Å². The molecule has 0 radical (unpaired) electrons. The van der Waals surface area contributed by atoms with Crippen LogP contribution in [0.15, 0.2) is 24.3 Å². The SMILES string of the molecule is CCCCCCCCCCCCCCCCCCC=CC1CC2C=CC1C2. The lowest BCUT2D eigenvalue weighted by atomic mass is 9.93. The Morgan fingerprint density at radius 1 is 0.630 bits per heavy atom. The Morgan fingerprint density at radius 2 is 1.15 bits per heavy atom. The quantitative estimate of drug-likeness (QED) is 0.166. The average molecular weight is 373 g/mol. The van der Waals surface area contributed by atoms with Crippen molar-refractivity contribution >= 4 is 0 Å². The van der Waals surface area contributed by atoms with Crippen LogP contribution in [0.3, 0.4) is 0 Å². The van der Waals surface area contributed by atoms with Gasteiger partial charge in [-0.25, -0.2) is 0 Å². The zero-order valence-corrected chi connectivity index (χ0v) is 18.5. The predicted octanol–water partition coefficient (Wildman–Crippen LogP) is 9.41. The fourth-order valence-corrected chi connectivity index (χ4v) is 5.13. The maximum atomic E-state index is 2.54. The van der Waals surface area contributed by atoms with E-state index in [1.807, 2.05) is 0 Å². The second-order valence-electron chi connectivity index (χ2n) is 9.46. The van der Waals surface area contributed by atoms with Crippen LogP contribution in [0.25, 0.3) is 0 Å². The first-order valence-corrected chi connectivity index (χ1v) is 12.7. The van der Waals surface area contributed by atoms with Gasteiger partial charge >= 0.3 is 0 Å². The first-order valence-electron chi connectivity index (χ1n) is 12.7. The Bertz CT molecular complexity index is 391. The first kappa shape index (κ1) is 22.8. The highest BCUT2D eigenvalue weighted by molar-refractivity contribution is 5.14. The van der Waals surface area contributed by atoms with E-state index in [4.69, 9.17) is 0 Å². The molecule has 2 rings (SSSR count). The van der Waals surface area contributed by atoms with E-state index in [-0.39, 0.29) is 0 Å². The van der Waals surface area contributed by atoms with Gasteiger partial charge in [0.15, 0.2) is 0 Å². The van der Waals surface area contributed by atoms with Gasteiger partial charge in [0.25, 0.3) is 0 Å². The minimum atomic E-state index is 0.876. The van der Waals surface area contributed by atoms with Gasteiger partial charge in [0.2, 0.25) is 0 Å². The molecule has 0 aliphatic heterocycles. The summed E-state index contributed by atoms with van der Waals surface area (Å²) >= 11 is 0. The highest BCUT2D eigenvalue weighted by Gasteiger charge is 2.33. The van der Waals surface area contributed by atoms with E-state index < -0.39 is 0 Å². The van der Waals surface area contributed by atoms with Gasteiger partial charge in [0, 0.05) is 0 Å². The topological polar surface area (TPSA) is 0 Å². The third-order valence-corrected chi connectivity index (χ3v) is 6.94. The van der Waals surface area contributed by atoms with Gasteiger partial charge in [-0.2, -0.15) is 0 Å². The van der Waals surface area contributed by atoms with Crippen molar-refractivity contribution in [3.05, 3.63) is 24.3 Å². The summed E-state index contributed by atoms with van der Waals surface area (Å²) in [6.45, 7) is 2.30. The van der Waals surface area contributed by atoms with Crippen molar-refractivity contribution in [1.29, 1.82) is 0 Å². The van der Waals surface area contributed by atoms with Crippen molar-refractivity contribution in [1.82, 2.24) is 0 Å². The standard InChI is InChI=1S/C27H48/c1-2-3-4-5-6-7-8-9-10-11-12-13-14-15-16-17-18-19-20-26-23-25-21-22-27(26)24-25/h19-22,25-27H,2-18,23-24H2,1H3. The third-order valence-electron chi connectivity index (χ3n) is 6.94. The Morgan fingerprint density at radius 3 is 1.59 bits per heavy atom. The van der Waals surface area contributed by atoms with Crippen LogP contribution >= 0.6 is 0 Å². The van der Waals surface area contributed by atoms with E-state index in [1.165, 1.54) is 122 Å². The predicted molar refractivity (Wildman–Crippen MR) is 122 cm³/mol. The Kier molecular flexibility index (Phi) is 13.0. The molecule has 0 spiro atoms. The normalized spacial score (nSPS) is 23.8. The monoisotopic (exact) mass is 372 g/mol. The lowest BCUT2D eigenvalue weighted by Crippen LogP contribution is -2.02. The lowest BCUT2D eigenvalue weighted by molar-refractivity contribution is 0.529. The average Bonchev–Trinajstić information content (AvgIpc) is 3.30. The molecule has 156 valence electrons. The molecular formula is C27H48. The molecule has 0 amide bonds. The van der Waals surface area contributed by atoms with Crippen molar-refractivity contribution < 1.29 is 0 Å². The summed E-state index contributed by atoms with van der Waals surface area (Å²) in [5, 5.41) is 0. The van der Waals surface area contributed by atoms with Crippen LogP contribution in [-0.4, -0.2) is 0 Å². The first-order chi connectivity index (χ1) is 13.4. The molecule has 2 aliphatic rings. The van der Waals surface area contributed by atoms with Crippen molar-refractivity contribution in [2.24, 2.45) is 17.8 Å². The maximum absolute atomic E-state index is 2.54. The van der Waals surface area contributed by atoms with Gasteiger partial charge in [-0.15, -0.1) is 0 Å². The number of unbranched alkanes of at least 4 members (excludes halogenated alkanes) is 16. The number of rotatable bonds is 18. The molecule has 1 fully saturated rings. The summed E-state index contributed by atoms with van der Waals surface area (Å²) < 4.78 is 0. The number of allylic oxidation sites excluding steroid dienone is 4. The summed E-state index contributed by atoms with van der Waals surface area (Å²) in [5.74, 6) is 2.68. The molecule has 0 aromatic heterocycles. The van der Waals surface area contributed by atoms with Crippen LogP contribution in [0, 0.1) is 17.8 Å². The maximum Gasteiger partial charge on any atom is -0.0165 e. The Hall–Kier alpha value is -0.520. The van der Waals surface area contributed by atoms with Crippen LogP contribution in [0.4, 0.5) is 0 Å². The van der Waals surface area contributed by atoms with Crippen LogP contribution in [0.5, 0.6) is 0 Å². The smallest absolute Gasteiger partial charge is 0.0165 e. The van der Waals surface area contributed by atoms with Crippen molar-refractivity contribution in [3.8, 4) is 0 Å². The highest BCUT2D eigenvalue weighted by atomic mass is 14.4. The summed E-state index contributed by atoms with van der Waals surface area (Å²) in [6.07, 6.45) is 37.5. The Labute approximate surface area is 171 Å². The summed E-state index contributed by atoms with van der Waals surface area (Å²) in [4.78, 5) is 0. The van der Waals surface area contributed by atoms with Gasteiger partial charge in [0.1, 0.15) is 0 Å². The lowest BCUT2D eigenvalue weighted by Gasteiger charge is -2.12. The summed E-state index contributed by atoms with van der Waals surface area (Å²) in [5.41, 5.74) is 0. The molecule has 0 heterocycles. The number of hydrogen-bond acceptors (Lipinski definition) is 0. The van der Waals surface area contributed by atoms with E-state index in [0.717, 1.165) is 17.8 Å². The third kappa shape index (κ3) is 10.6. The van der Waals surface area contributed by atoms with Gasteiger partial charge in [-0.1, -0.05) is 128 Å². The molecule has 2 bridgehead atoms. The van der Waals surface area contributed by atoms with Crippen molar-refractivity contribution in [2.75, 3.05) is 0 Å². The minimum Gasteiger partial charge on any atom is -0.0882 e. The Balaban J connectivity index is 1.24. The van der Waals surface area contributed by atoms with Crippen LogP contribution in [-0.2, 0) is 0 Å². The molecule has 2 aliphatic carbocycles. The van der Waals surface area contributed by atoms with E-state index in [0.29, 0.717) is 0 Å². The molecule has 0 nitrogen and oxygen atoms in total. The molecule has 0 aromatic carbocycles. The van der Waals surface area contributed by atoms with Gasteiger partial charge in [-0.05, 0) is 43.4 Å². The fourth-order valence-electron chi connectivity index (χ4n) is 5.13. The largest absolute Gasteiger partial charge is 0.0882 e. The second kappa shape index (κ2) is 15.4. The zero-order chi connectivity index (χ0) is 19.0. The molecular weight excluding hydrogens is 324 g/mol. The van der Waals surface area contributed by atoms with Gasteiger partial charge < -0.3 is 0 Å². The second-order valence-corrected chi connectivity index (χ2v) is 9.46. The molecule has 0 aromatic rings. The molecule has 3 unspecified atom stereocenters. The van der Waals surface area contributed by atoms with E-state index >= 15 is 0 Å². The van der Waals surface area contributed by atoms with Crippen molar-refractivity contribution in [3.63, 3.8) is 0 Å². The van der Waals surface area contributed by atoms with E-state index in [2.05, 4.69) is 31.2 Å². The number of fused-ring (bicyclic) bond motifs is 2. The zero-order valence-electron chi connectivity index (χ0n) is 18.5. The summed E-state index contributed by atoms with van der Waals surface area (Å²) in [7, 11) is 0. The van der Waals surface area contributed by atoms with Gasteiger partial charge in [0.05, 0.1) is 0 Å². The van der Waals surface area contributed by atoms with Crippen LogP contribution < -0.4 is 0 Å². The minimum absolute atomic E-state index is 0.876. The highest BCUT2D eigenvalue weighted by Crippen LogP contribution is 2.44. The van der Waals surface area contributed by atoms with Crippen LogP contribution in [0.2, 0.25) is 0 Å². The van der Waals surface area contributed by atoms with Crippen molar-refractivity contribution in [2.45, 2.75) is 129 Å². The molecule has 0 N–H and O–H groups in total. The summed E-state index contributed by atoms with van der Waals surface area (Å²) in [6, 6.07) is 0. The molecule has 3 atom stereocenters. The molecule has 27 heavy (non-hydrogen) atoms. The molecule has 0 saturated heterocycles. The van der Waals surface area contributed by atoms with E-state index in [9.17, 15) is 0 Å². The fraction of sp³-hybridized carbons (Fsp3) is 0.852.